The molecule has 0 aromatic rings. The second kappa shape index (κ2) is 5.35. The van der Waals surface area contributed by atoms with Crippen LogP contribution in [-0.4, -0.2) is 22.2 Å². The highest BCUT2D eigenvalue weighted by Gasteiger charge is 1.98. The minimum Gasteiger partial charge on any atom is -0.481 e. The molecule has 0 amide bonds. The number of carboxylic acid groups (broad SMARTS) is 2. The van der Waals surface area contributed by atoms with Gasteiger partial charge in [-0.05, 0) is 13.3 Å². The molecule has 0 aromatic heterocycles. The van der Waals surface area contributed by atoms with Gasteiger partial charge in [-0.1, -0.05) is 11.6 Å². The standard InChI is InChI=1S/C8H12O4/c1-6(2-4-7(9)10)3-5-8(11)12/h2H,3-5H2,1H3,(H,9,10)(H,11,12). The SMILES string of the molecule is CC(=CCC(=O)O)CCC(=O)O. The lowest BCUT2D eigenvalue weighted by molar-refractivity contribution is -0.137. The molecule has 12 heavy (non-hydrogen) atoms. The highest BCUT2D eigenvalue weighted by molar-refractivity contribution is 5.69. The first kappa shape index (κ1) is 10.7. The molecule has 2 N–H and O–H groups in total. The molecular weight excluding hydrogens is 160 g/mol. The molecule has 0 bridgehead atoms. The molecule has 4 heteroatoms. The van der Waals surface area contributed by atoms with Crippen LogP contribution in [0.1, 0.15) is 26.2 Å². The summed E-state index contributed by atoms with van der Waals surface area (Å²) in [6, 6.07) is 0. The van der Waals surface area contributed by atoms with Gasteiger partial charge < -0.3 is 10.2 Å². The topological polar surface area (TPSA) is 74.6 Å². The number of carboxylic acids is 2. The van der Waals surface area contributed by atoms with E-state index in [9.17, 15) is 9.59 Å². The van der Waals surface area contributed by atoms with Gasteiger partial charge >= 0.3 is 11.9 Å². The number of rotatable bonds is 5. The summed E-state index contributed by atoms with van der Waals surface area (Å²) in [7, 11) is 0. The normalized spacial score (nSPS) is 11.2. The van der Waals surface area contributed by atoms with Crippen molar-refractivity contribution in [2.75, 3.05) is 0 Å². The molecule has 0 saturated heterocycles. The summed E-state index contributed by atoms with van der Waals surface area (Å²) in [6.07, 6.45) is 1.97. The Bertz CT molecular complexity index is 205. The van der Waals surface area contributed by atoms with Crippen molar-refractivity contribution in [2.24, 2.45) is 0 Å². The summed E-state index contributed by atoms with van der Waals surface area (Å²) in [5.41, 5.74) is 0.805. The second-order valence-electron chi connectivity index (χ2n) is 2.54. The maximum atomic E-state index is 10.1. The third kappa shape index (κ3) is 6.80. The van der Waals surface area contributed by atoms with Crippen LogP contribution >= 0.6 is 0 Å². The summed E-state index contributed by atoms with van der Waals surface area (Å²) >= 11 is 0. The molecule has 0 saturated carbocycles. The van der Waals surface area contributed by atoms with Gasteiger partial charge in [0.25, 0.3) is 0 Å². The Kier molecular flexibility index (Phi) is 4.76. The fraction of sp³-hybridized carbons (Fsp3) is 0.500. The molecule has 0 aliphatic rings. The molecule has 0 spiro atoms. The maximum Gasteiger partial charge on any atom is 0.307 e. The fourth-order valence-corrected chi connectivity index (χ4v) is 0.668. The van der Waals surface area contributed by atoms with Crippen molar-refractivity contribution >= 4 is 11.9 Å². The average Bonchev–Trinajstić information content (AvgIpc) is 1.96. The summed E-state index contributed by atoms with van der Waals surface area (Å²) in [6.45, 7) is 1.73. The van der Waals surface area contributed by atoms with E-state index < -0.39 is 11.9 Å². The first-order valence-corrected chi connectivity index (χ1v) is 3.61. The summed E-state index contributed by atoms with van der Waals surface area (Å²) in [5, 5.41) is 16.6. The molecule has 68 valence electrons. The lowest BCUT2D eigenvalue weighted by Gasteiger charge is -1.95. The van der Waals surface area contributed by atoms with Crippen LogP contribution in [0.2, 0.25) is 0 Å². The zero-order valence-corrected chi connectivity index (χ0v) is 6.91. The lowest BCUT2D eigenvalue weighted by Crippen LogP contribution is -1.95. The molecule has 0 atom stereocenters. The molecular formula is C8H12O4. The summed E-state index contributed by atoms with van der Waals surface area (Å²) in [4.78, 5) is 20.2. The van der Waals surface area contributed by atoms with Crippen molar-refractivity contribution in [1.29, 1.82) is 0 Å². The van der Waals surface area contributed by atoms with Crippen LogP contribution in [0.5, 0.6) is 0 Å². The minimum absolute atomic E-state index is 0.0363. The van der Waals surface area contributed by atoms with Crippen molar-refractivity contribution in [3.8, 4) is 0 Å². The zero-order chi connectivity index (χ0) is 9.56. The summed E-state index contributed by atoms with van der Waals surface area (Å²) in [5.74, 6) is -1.76. The Balaban J connectivity index is 3.70. The molecule has 0 heterocycles. The maximum absolute atomic E-state index is 10.1. The van der Waals surface area contributed by atoms with Crippen molar-refractivity contribution in [2.45, 2.75) is 26.2 Å². The monoisotopic (exact) mass is 172 g/mol. The van der Waals surface area contributed by atoms with Crippen molar-refractivity contribution in [3.05, 3.63) is 11.6 Å². The predicted octanol–water partition coefficient (Wildman–Crippen LogP) is 1.27. The molecule has 4 nitrogen and oxygen atoms in total. The van der Waals surface area contributed by atoms with Gasteiger partial charge in [-0.25, -0.2) is 0 Å². The van der Waals surface area contributed by atoms with Crippen LogP contribution in [0.4, 0.5) is 0 Å². The molecule has 0 aromatic carbocycles. The van der Waals surface area contributed by atoms with Crippen molar-refractivity contribution < 1.29 is 19.8 Å². The van der Waals surface area contributed by atoms with E-state index in [0.29, 0.717) is 6.42 Å². The van der Waals surface area contributed by atoms with Crippen LogP contribution in [0.15, 0.2) is 11.6 Å². The Hall–Kier alpha value is -1.32. The predicted molar refractivity (Wildman–Crippen MR) is 42.9 cm³/mol. The van der Waals surface area contributed by atoms with Gasteiger partial charge in [0, 0.05) is 6.42 Å². The molecule has 0 aliphatic heterocycles. The van der Waals surface area contributed by atoms with E-state index in [1.807, 2.05) is 0 Å². The Labute approximate surface area is 70.5 Å². The van der Waals surface area contributed by atoms with E-state index in [0.717, 1.165) is 5.57 Å². The van der Waals surface area contributed by atoms with E-state index >= 15 is 0 Å². The largest absolute Gasteiger partial charge is 0.481 e. The number of hydrogen-bond acceptors (Lipinski definition) is 2. The van der Waals surface area contributed by atoms with Crippen LogP contribution < -0.4 is 0 Å². The molecule has 0 fully saturated rings. The summed E-state index contributed by atoms with van der Waals surface area (Å²) < 4.78 is 0. The van der Waals surface area contributed by atoms with E-state index in [4.69, 9.17) is 10.2 Å². The van der Waals surface area contributed by atoms with Gasteiger partial charge in [0.05, 0.1) is 6.42 Å². The van der Waals surface area contributed by atoms with Gasteiger partial charge in [0.1, 0.15) is 0 Å². The van der Waals surface area contributed by atoms with Gasteiger partial charge in [-0.15, -0.1) is 0 Å². The number of carbonyl (C=O) groups is 2. The first-order valence-electron chi connectivity index (χ1n) is 3.61. The third-order valence-electron chi connectivity index (χ3n) is 1.36. The van der Waals surface area contributed by atoms with Crippen LogP contribution in [0.25, 0.3) is 0 Å². The Morgan fingerprint density at radius 2 is 1.75 bits per heavy atom. The van der Waals surface area contributed by atoms with Crippen molar-refractivity contribution in [3.63, 3.8) is 0 Å². The zero-order valence-electron chi connectivity index (χ0n) is 6.91. The van der Waals surface area contributed by atoms with E-state index in [2.05, 4.69) is 0 Å². The van der Waals surface area contributed by atoms with Gasteiger partial charge in [0.15, 0.2) is 0 Å². The van der Waals surface area contributed by atoms with E-state index in [-0.39, 0.29) is 12.8 Å². The van der Waals surface area contributed by atoms with E-state index in [1.165, 1.54) is 6.08 Å². The first-order chi connectivity index (χ1) is 5.52. The van der Waals surface area contributed by atoms with Crippen molar-refractivity contribution in [1.82, 2.24) is 0 Å². The fourth-order valence-electron chi connectivity index (χ4n) is 0.668. The Morgan fingerprint density at radius 1 is 1.17 bits per heavy atom. The van der Waals surface area contributed by atoms with Crippen LogP contribution in [0, 0.1) is 0 Å². The van der Waals surface area contributed by atoms with Gasteiger partial charge in [-0.2, -0.15) is 0 Å². The van der Waals surface area contributed by atoms with Crippen LogP contribution in [-0.2, 0) is 9.59 Å². The molecule has 0 rings (SSSR count). The Morgan fingerprint density at radius 3 is 2.17 bits per heavy atom. The molecule has 0 aliphatic carbocycles. The quantitative estimate of drug-likeness (QED) is 0.612. The van der Waals surface area contributed by atoms with Gasteiger partial charge in [-0.3, -0.25) is 9.59 Å². The molecule has 0 radical (unpaired) electrons. The highest BCUT2D eigenvalue weighted by atomic mass is 16.4. The van der Waals surface area contributed by atoms with Gasteiger partial charge in [0.2, 0.25) is 0 Å². The number of hydrogen-bond donors (Lipinski definition) is 2. The molecule has 0 unspecified atom stereocenters. The smallest absolute Gasteiger partial charge is 0.307 e. The highest BCUT2D eigenvalue weighted by Crippen LogP contribution is 2.04. The van der Waals surface area contributed by atoms with Crippen LogP contribution in [0.3, 0.4) is 0 Å². The third-order valence-corrected chi connectivity index (χ3v) is 1.36. The minimum atomic E-state index is -0.898. The lowest BCUT2D eigenvalue weighted by atomic mass is 10.1. The second-order valence-corrected chi connectivity index (χ2v) is 2.54. The van der Waals surface area contributed by atoms with E-state index in [1.54, 1.807) is 6.92 Å². The average molecular weight is 172 g/mol. The number of allylic oxidation sites excluding steroid dienone is 1. The number of aliphatic carboxylic acids is 2.